The molecular formula is C37H25N3O2. The summed E-state index contributed by atoms with van der Waals surface area (Å²) >= 11 is 0. The maximum atomic E-state index is 13.7. The molecule has 7 rings (SSSR count). The molecule has 42 heavy (non-hydrogen) atoms. The SMILES string of the molecule is CCOC(=O)c1c(-c2ccccc2)c(-c2nc3ccccc3nc2C#Cc2ccccc2)c2c3ccccc3ccn12. The van der Waals surface area contributed by atoms with Gasteiger partial charge >= 0.3 is 5.97 Å². The van der Waals surface area contributed by atoms with Gasteiger partial charge in [-0.05, 0) is 54.1 Å². The van der Waals surface area contributed by atoms with Crippen LogP contribution in [0.4, 0.5) is 0 Å². The van der Waals surface area contributed by atoms with Crippen LogP contribution in [0, 0.1) is 11.8 Å². The van der Waals surface area contributed by atoms with Gasteiger partial charge in [0.15, 0.2) is 0 Å². The molecule has 0 fully saturated rings. The number of hydrogen-bond acceptors (Lipinski definition) is 4. The lowest BCUT2D eigenvalue weighted by molar-refractivity contribution is 0.0519. The van der Waals surface area contributed by atoms with Crippen molar-refractivity contribution in [3.63, 3.8) is 0 Å². The van der Waals surface area contributed by atoms with Crippen LogP contribution >= 0.6 is 0 Å². The molecule has 0 N–H and O–H groups in total. The molecule has 3 aromatic heterocycles. The van der Waals surface area contributed by atoms with Crippen molar-refractivity contribution >= 4 is 33.3 Å². The molecule has 0 radical (unpaired) electrons. The molecule has 0 saturated heterocycles. The van der Waals surface area contributed by atoms with Crippen molar-refractivity contribution in [2.24, 2.45) is 0 Å². The first-order valence-corrected chi connectivity index (χ1v) is 13.9. The first kappa shape index (κ1) is 25.3. The average Bonchev–Trinajstić information content (AvgIpc) is 3.40. The second-order valence-electron chi connectivity index (χ2n) is 9.83. The van der Waals surface area contributed by atoms with E-state index in [0.717, 1.165) is 49.6 Å². The summed E-state index contributed by atoms with van der Waals surface area (Å²) in [5.41, 5.74) is 7.20. The molecule has 0 aliphatic heterocycles. The Kier molecular flexibility index (Phi) is 6.42. The predicted molar refractivity (Wildman–Crippen MR) is 167 cm³/mol. The number of aromatic nitrogens is 3. The average molecular weight is 544 g/mol. The van der Waals surface area contributed by atoms with Crippen molar-refractivity contribution in [2.75, 3.05) is 6.61 Å². The Balaban J connectivity index is 1.67. The van der Waals surface area contributed by atoms with E-state index >= 15 is 0 Å². The van der Waals surface area contributed by atoms with E-state index in [1.807, 2.05) is 121 Å². The number of ether oxygens (including phenoxy) is 1. The second kappa shape index (κ2) is 10.7. The Bertz CT molecular complexity index is 2170. The summed E-state index contributed by atoms with van der Waals surface area (Å²) in [6.45, 7) is 2.07. The fraction of sp³-hybridized carbons (Fsp3) is 0.0541. The van der Waals surface area contributed by atoms with Crippen LogP contribution in [0.25, 0.3) is 49.7 Å². The topological polar surface area (TPSA) is 56.5 Å². The summed E-state index contributed by atoms with van der Waals surface area (Å²) in [5, 5.41) is 2.03. The third kappa shape index (κ3) is 4.36. The molecule has 0 bridgehead atoms. The van der Waals surface area contributed by atoms with E-state index in [2.05, 4.69) is 24.0 Å². The molecule has 0 spiro atoms. The van der Waals surface area contributed by atoms with Crippen molar-refractivity contribution < 1.29 is 9.53 Å². The van der Waals surface area contributed by atoms with Crippen LogP contribution < -0.4 is 0 Å². The largest absolute Gasteiger partial charge is 0.461 e. The standard InChI is InChI=1S/C37H25N3O2/c1-2-42-37(41)36-32(27-16-7-4-8-17-27)33(35-28-18-10-9-15-26(28)23-24-40(35)36)34-31(22-21-25-13-5-3-6-14-25)38-29-19-11-12-20-30(29)39-34/h3-20,23-24H,2H2,1H3. The maximum Gasteiger partial charge on any atom is 0.355 e. The Morgan fingerprint density at radius 3 is 2.17 bits per heavy atom. The molecular weight excluding hydrogens is 518 g/mol. The summed E-state index contributed by atoms with van der Waals surface area (Å²) in [6, 6.07) is 37.7. The van der Waals surface area contributed by atoms with Crippen LogP contribution in [0.1, 0.15) is 28.7 Å². The van der Waals surface area contributed by atoms with Gasteiger partial charge in [-0.25, -0.2) is 14.8 Å². The maximum absolute atomic E-state index is 13.7. The quantitative estimate of drug-likeness (QED) is 0.167. The van der Waals surface area contributed by atoms with Crippen molar-refractivity contribution in [1.29, 1.82) is 0 Å². The number of carbonyl (C=O) groups is 1. The Hall–Kier alpha value is -5.73. The number of pyridine rings is 1. The molecule has 0 aliphatic rings. The highest BCUT2D eigenvalue weighted by Crippen LogP contribution is 2.43. The van der Waals surface area contributed by atoms with Crippen molar-refractivity contribution in [3.05, 3.63) is 138 Å². The summed E-state index contributed by atoms with van der Waals surface area (Å²) < 4.78 is 7.58. The molecule has 0 aliphatic carbocycles. The number of carbonyl (C=O) groups excluding carboxylic acids is 1. The molecule has 3 heterocycles. The van der Waals surface area contributed by atoms with E-state index in [4.69, 9.17) is 14.7 Å². The molecule has 0 amide bonds. The van der Waals surface area contributed by atoms with E-state index in [-0.39, 0.29) is 6.61 Å². The monoisotopic (exact) mass is 543 g/mol. The number of nitrogens with zero attached hydrogens (tertiary/aromatic N) is 3. The summed E-state index contributed by atoms with van der Waals surface area (Å²) in [4.78, 5) is 23.9. The molecule has 5 nitrogen and oxygen atoms in total. The molecule has 4 aromatic carbocycles. The second-order valence-corrected chi connectivity index (χ2v) is 9.83. The highest BCUT2D eigenvalue weighted by molar-refractivity contribution is 6.14. The highest BCUT2D eigenvalue weighted by atomic mass is 16.5. The minimum Gasteiger partial charge on any atom is -0.461 e. The van der Waals surface area contributed by atoms with Gasteiger partial charge in [0.1, 0.15) is 17.1 Å². The Morgan fingerprint density at radius 1 is 0.738 bits per heavy atom. The van der Waals surface area contributed by atoms with Crippen molar-refractivity contribution in [3.8, 4) is 34.2 Å². The third-order valence-corrected chi connectivity index (χ3v) is 7.26. The van der Waals surface area contributed by atoms with Gasteiger partial charge < -0.3 is 9.14 Å². The molecule has 0 saturated carbocycles. The first-order chi connectivity index (χ1) is 20.7. The highest BCUT2D eigenvalue weighted by Gasteiger charge is 2.29. The number of fused-ring (bicyclic) bond motifs is 4. The van der Waals surface area contributed by atoms with Gasteiger partial charge in [-0.15, -0.1) is 0 Å². The van der Waals surface area contributed by atoms with Gasteiger partial charge in [-0.1, -0.05) is 90.8 Å². The van der Waals surface area contributed by atoms with Gasteiger partial charge in [0, 0.05) is 28.3 Å². The van der Waals surface area contributed by atoms with Gasteiger partial charge in [0.25, 0.3) is 0 Å². The van der Waals surface area contributed by atoms with E-state index in [9.17, 15) is 4.79 Å². The van der Waals surface area contributed by atoms with E-state index in [1.54, 1.807) is 0 Å². The predicted octanol–water partition coefficient (Wildman–Crippen LogP) is 7.95. The summed E-state index contributed by atoms with van der Waals surface area (Å²) in [6.07, 6.45) is 1.93. The van der Waals surface area contributed by atoms with Crippen LogP contribution in [0.5, 0.6) is 0 Å². The van der Waals surface area contributed by atoms with Gasteiger partial charge in [-0.3, -0.25) is 0 Å². The minimum absolute atomic E-state index is 0.257. The van der Waals surface area contributed by atoms with Gasteiger partial charge in [-0.2, -0.15) is 0 Å². The van der Waals surface area contributed by atoms with E-state index in [1.165, 1.54) is 0 Å². The zero-order valence-electron chi connectivity index (χ0n) is 22.9. The number of esters is 1. The lowest BCUT2D eigenvalue weighted by Crippen LogP contribution is -2.09. The fourth-order valence-electron chi connectivity index (χ4n) is 5.45. The normalized spacial score (nSPS) is 11.0. The lowest BCUT2D eigenvalue weighted by atomic mass is 9.96. The smallest absolute Gasteiger partial charge is 0.355 e. The van der Waals surface area contributed by atoms with Crippen LogP contribution in [0.2, 0.25) is 0 Å². The van der Waals surface area contributed by atoms with Crippen LogP contribution in [0.3, 0.4) is 0 Å². The molecule has 200 valence electrons. The number of para-hydroxylation sites is 2. The zero-order chi connectivity index (χ0) is 28.5. The molecule has 0 unspecified atom stereocenters. The first-order valence-electron chi connectivity index (χ1n) is 13.9. The fourth-order valence-corrected chi connectivity index (χ4v) is 5.45. The molecule has 0 atom stereocenters. The lowest BCUT2D eigenvalue weighted by Gasteiger charge is -2.10. The van der Waals surface area contributed by atoms with Crippen molar-refractivity contribution in [1.82, 2.24) is 14.4 Å². The zero-order valence-corrected chi connectivity index (χ0v) is 22.9. The number of benzene rings is 4. The molecule has 7 aromatic rings. The summed E-state index contributed by atoms with van der Waals surface area (Å²) in [5.74, 6) is 6.20. The number of hydrogen-bond donors (Lipinski definition) is 0. The third-order valence-electron chi connectivity index (χ3n) is 7.26. The van der Waals surface area contributed by atoms with Gasteiger partial charge in [0.2, 0.25) is 0 Å². The number of rotatable bonds is 4. The minimum atomic E-state index is -0.404. The van der Waals surface area contributed by atoms with E-state index < -0.39 is 5.97 Å². The Labute approximate surface area is 243 Å². The van der Waals surface area contributed by atoms with Gasteiger partial charge in [0.05, 0.1) is 23.2 Å². The summed E-state index contributed by atoms with van der Waals surface area (Å²) in [7, 11) is 0. The van der Waals surface area contributed by atoms with E-state index in [0.29, 0.717) is 17.1 Å². The van der Waals surface area contributed by atoms with Crippen molar-refractivity contribution in [2.45, 2.75) is 6.92 Å². The Morgan fingerprint density at radius 2 is 1.40 bits per heavy atom. The van der Waals surface area contributed by atoms with Crippen LogP contribution in [0.15, 0.2) is 121 Å². The molecule has 5 heteroatoms. The van der Waals surface area contributed by atoms with Crippen LogP contribution in [-0.2, 0) is 4.74 Å². The van der Waals surface area contributed by atoms with Crippen LogP contribution in [-0.4, -0.2) is 26.9 Å².